The SMILES string of the molecule is CC(C)CCC(C)Nc1nc(C(C)C)no1. The minimum atomic E-state index is 0.310. The van der Waals surface area contributed by atoms with E-state index in [1.165, 1.54) is 6.42 Å². The molecule has 0 fully saturated rings. The largest absolute Gasteiger partial charge is 0.335 e. The van der Waals surface area contributed by atoms with Gasteiger partial charge in [0.2, 0.25) is 0 Å². The van der Waals surface area contributed by atoms with Gasteiger partial charge >= 0.3 is 6.01 Å². The maximum Gasteiger partial charge on any atom is 0.321 e. The summed E-state index contributed by atoms with van der Waals surface area (Å²) in [7, 11) is 0. The van der Waals surface area contributed by atoms with Crippen molar-refractivity contribution in [1.82, 2.24) is 10.1 Å². The normalized spacial score (nSPS) is 13.4. The number of nitrogens with one attached hydrogen (secondary N) is 1. The lowest BCUT2D eigenvalue weighted by Crippen LogP contribution is -2.16. The van der Waals surface area contributed by atoms with Crippen LogP contribution in [0, 0.1) is 5.92 Å². The Kier molecular flexibility index (Phi) is 4.77. The molecule has 4 nitrogen and oxygen atoms in total. The van der Waals surface area contributed by atoms with Crippen LogP contribution in [0.5, 0.6) is 0 Å². The van der Waals surface area contributed by atoms with Gasteiger partial charge in [-0.3, -0.25) is 0 Å². The Morgan fingerprint density at radius 3 is 2.31 bits per heavy atom. The van der Waals surface area contributed by atoms with Gasteiger partial charge in [0, 0.05) is 12.0 Å². The van der Waals surface area contributed by atoms with Crippen molar-refractivity contribution in [3.05, 3.63) is 5.82 Å². The van der Waals surface area contributed by atoms with Gasteiger partial charge in [-0.25, -0.2) is 0 Å². The van der Waals surface area contributed by atoms with Gasteiger partial charge in [-0.2, -0.15) is 4.98 Å². The molecule has 0 saturated carbocycles. The van der Waals surface area contributed by atoms with Crippen molar-refractivity contribution in [3.63, 3.8) is 0 Å². The third-order valence-electron chi connectivity index (χ3n) is 2.51. The first-order valence-electron chi connectivity index (χ1n) is 6.09. The molecule has 1 heterocycles. The zero-order valence-corrected chi connectivity index (χ0v) is 10.9. The molecule has 0 bridgehead atoms. The maximum atomic E-state index is 5.13. The fourth-order valence-electron chi connectivity index (χ4n) is 1.39. The Hall–Kier alpha value is -1.06. The third kappa shape index (κ3) is 4.21. The van der Waals surface area contributed by atoms with Gasteiger partial charge in [-0.1, -0.05) is 32.9 Å². The summed E-state index contributed by atoms with van der Waals surface area (Å²) in [5, 5.41) is 7.15. The highest BCUT2D eigenvalue weighted by molar-refractivity contribution is 5.20. The molecule has 1 rings (SSSR count). The van der Waals surface area contributed by atoms with Crippen molar-refractivity contribution in [2.45, 2.75) is 59.4 Å². The van der Waals surface area contributed by atoms with Crippen LogP contribution in [-0.2, 0) is 0 Å². The summed E-state index contributed by atoms with van der Waals surface area (Å²) in [5.41, 5.74) is 0. The lowest BCUT2D eigenvalue weighted by Gasteiger charge is -2.12. The Morgan fingerprint density at radius 2 is 1.81 bits per heavy atom. The van der Waals surface area contributed by atoms with E-state index in [2.05, 4.69) is 50.1 Å². The fraction of sp³-hybridized carbons (Fsp3) is 0.833. The smallest absolute Gasteiger partial charge is 0.321 e. The number of nitrogens with zero attached hydrogens (tertiary/aromatic N) is 2. The maximum absolute atomic E-state index is 5.13. The average Bonchev–Trinajstić information content (AvgIpc) is 2.63. The summed E-state index contributed by atoms with van der Waals surface area (Å²) in [6.45, 7) is 10.7. The van der Waals surface area contributed by atoms with Crippen molar-refractivity contribution < 1.29 is 4.52 Å². The van der Waals surface area contributed by atoms with Crippen LogP contribution in [0.15, 0.2) is 4.52 Å². The van der Waals surface area contributed by atoms with Crippen LogP contribution in [0.1, 0.15) is 59.2 Å². The van der Waals surface area contributed by atoms with Crippen molar-refractivity contribution in [3.8, 4) is 0 Å². The van der Waals surface area contributed by atoms with E-state index in [1.54, 1.807) is 0 Å². The molecule has 0 aliphatic heterocycles. The van der Waals surface area contributed by atoms with Crippen LogP contribution in [0.2, 0.25) is 0 Å². The van der Waals surface area contributed by atoms with E-state index >= 15 is 0 Å². The summed E-state index contributed by atoms with van der Waals surface area (Å²) in [5.74, 6) is 1.81. The van der Waals surface area contributed by atoms with E-state index in [1.807, 2.05) is 0 Å². The van der Waals surface area contributed by atoms with Gasteiger partial charge in [0.1, 0.15) is 0 Å². The van der Waals surface area contributed by atoms with E-state index in [4.69, 9.17) is 4.52 Å². The molecule has 0 spiro atoms. The van der Waals surface area contributed by atoms with Crippen LogP contribution in [0.4, 0.5) is 6.01 Å². The van der Waals surface area contributed by atoms with Crippen LogP contribution in [-0.4, -0.2) is 16.2 Å². The summed E-state index contributed by atoms with van der Waals surface area (Å²) < 4.78 is 5.13. The first-order chi connectivity index (χ1) is 7.49. The Balaban J connectivity index is 2.40. The number of aromatic nitrogens is 2. The van der Waals surface area contributed by atoms with Gasteiger partial charge < -0.3 is 9.84 Å². The Morgan fingerprint density at radius 1 is 1.12 bits per heavy atom. The van der Waals surface area contributed by atoms with Crippen molar-refractivity contribution in [2.24, 2.45) is 5.92 Å². The van der Waals surface area contributed by atoms with E-state index < -0.39 is 0 Å². The van der Waals surface area contributed by atoms with Crippen LogP contribution in [0.3, 0.4) is 0 Å². The number of rotatable bonds is 6. The Bertz CT molecular complexity index is 307. The van der Waals surface area contributed by atoms with E-state index in [0.29, 0.717) is 18.0 Å². The first-order valence-corrected chi connectivity index (χ1v) is 6.09. The monoisotopic (exact) mass is 225 g/mol. The van der Waals surface area contributed by atoms with Crippen LogP contribution >= 0.6 is 0 Å². The second kappa shape index (κ2) is 5.87. The third-order valence-corrected chi connectivity index (χ3v) is 2.51. The predicted octanol–water partition coefficient (Wildman–Crippen LogP) is 3.43. The predicted molar refractivity (Wildman–Crippen MR) is 65.5 cm³/mol. The molecule has 0 saturated heterocycles. The molecule has 0 radical (unpaired) electrons. The fourth-order valence-corrected chi connectivity index (χ4v) is 1.39. The molecular weight excluding hydrogens is 202 g/mol. The Labute approximate surface area is 97.8 Å². The van der Waals surface area contributed by atoms with Gasteiger partial charge in [0.05, 0.1) is 0 Å². The topological polar surface area (TPSA) is 51.0 Å². The first kappa shape index (κ1) is 13.0. The zero-order valence-electron chi connectivity index (χ0n) is 10.9. The molecule has 1 aromatic rings. The minimum Gasteiger partial charge on any atom is -0.335 e. The second-order valence-corrected chi connectivity index (χ2v) is 5.13. The number of hydrogen-bond donors (Lipinski definition) is 1. The molecule has 1 unspecified atom stereocenters. The molecule has 0 aliphatic rings. The summed E-state index contributed by atoms with van der Waals surface area (Å²) in [6, 6.07) is 0.919. The van der Waals surface area contributed by atoms with Gasteiger partial charge in [-0.05, 0) is 25.7 Å². The molecule has 1 aromatic heterocycles. The molecule has 16 heavy (non-hydrogen) atoms. The standard InChI is InChI=1S/C12H23N3O/c1-8(2)6-7-10(5)13-12-14-11(9(3)4)15-16-12/h8-10H,6-7H2,1-5H3,(H,13,14,15). The van der Waals surface area contributed by atoms with Crippen molar-refractivity contribution >= 4 is 6.01 Å². The number of anilines is 1. The lowest BCUT2D eigenvalue weighted by molar-refractivity contribution is 0.413. The molecule has 1 atom stereocenters. The summed E-state index contributed by atoms with van der Waals surface area (Å²) in [6.07, 6.45) is 2.33. The molecular formula is C12H23N3O. The van der Waals surface area contributed by atoms with E-state index in [0.717, 1.165) is 18.2 Å². The van der Waals surface area contributed by atoms with Crippen molar-refractivity contribution in [1.29, 1.82) is 0 Å². The van der Waals surface area contributed by atoms with Crippen LogP contribution < -0.4 is 5.32 Å². The quantitative estimate of drug-likeness (QED) is 0.805. The lowest BCUT2D eigenvalue weighted by atomic mass is 10.0. The highest BCUT2D eigenvalue weighted by atomic mass is 16.5. The molecule has 0 aromatic carbocycles. The molecule has 0 amide bonds. The van der Waals surface area contributed by atoms with E-state index in [9.17, 15) is 0 Å². The van der Waals surface area contributed by atoms with Crippen LogP contribution in [0.25, 0.3) is 0 Å². The number of hydrogen-bond acceptors (Lipinski definition) is 4. The van der Waals surface area contributed by atoms with E-state index in [-0.39, 0.29) is 0 Å². The van der Waals surface area contributed by atoms with Gasteiger partial charge in [-0.15, -0.1) is 0 Å². The average molecular weight is 225 g/mol. The summed E-state index contributed by atoms with van der Waals surface area (Å²) in [4.78, 5) is 4.29. The van der Waals surface area contributed by atoms with Gasteiger partial charge in [0.15, 0.2) is 5.82 Å². The molecule has 92 valence electrons. The van der Waals surface area contributed by atoms with Gasteiger partial charge in [0.25, 0.3) is 0 Å². The molecule has 0 aliphatic carbocycles. The highest BCUT2D eigenvalue weighted by Gasteiger charge is 2.11. The summed E-state index contributed by atoms with van der Waals surface area (Å²) >= 11 is 0. The second-order valence-electron chi connectivity index (χ2n) is 5.13. The molecule has 4 heteroatoms. The highest BCUT2D eigenvalue weighted by Crippen LogP contribution is 2.15. The minimum absolute atomic E-state index is 0.310. The van der Waals surface area contributed by atoms with Crippen molar-refractivity contribution in [2.75, 3.05) is 5.32 Å². The zero-order chi connectivity index (χ0) is 12.1. The molecule has 1 N–H and O–H groups in total.